The molecular weight excluding hydrogens is 170 g/mol. The zero-order valence-electron chi connectivity index (χ0n) is 7.99. The average molecular weight is 185 g/mol. The highest BCUT2D eigenvalue weighted by Crippen LogP contribution is 2.25. The Labute approximate surface area is 77.5 Å². The van der Waals surface area contributed by atoms with Crippen LogP contribution in [-0.2, 0) is 9.59 Å². The first-order chi connectivity index (χ1) is 6.07. The Morgan fingerprint density at radius 1 is 1.46 bits per heavy atom. The van der Waals surface area contributed by atoms with E-state index in [4.69, 9.17) is 5.11 Å². The van der Waals surface area contributed by atoms with E-state index in [1.807, 2.05) is 13.8 Å². The lowest BCUT2D eigenvalue weighted by atomic mass is 10.1. The molecular formula is C9H15NO3. The first kappa shape index (κ1) is 10.0. The molecule has 0 saturated carbocycles. The molecule has 2 atom stereocenters. The molecule has 74 valence electrons. The zero-order valence-corrected chi connectivity index (χ0v) is 7.99. The molecule has 0 aromatic rings. The van der Waals surface area contributed by atoms with Gasteiger partial charge in [-0.2, -0.15) is 0 Å². The quantitative estimate of drug-likeness (QED) is 0.616. The fourth-order valence-electron chi connectivity index (χ4n) is 1.95. The topological polar surface area (TPSA) is 57.6 Å². The summed E-state index contributed by atoms with van der Waals surface area (Å²) in [5, 5.41) is 8.58. The van der Waals surface area contributed by atoms with E-state index in [9.17, 15) is 9.59 Å². The summed E-state index contributed by atoms with van der Waals surface area (Å²) in [4.78, 5) is 23.3. The van der Waals surface area contributed by atoms with Crippen molar-refractivity contribution in [3.63, 3.8) is 0 Å². The van der Waals surface area contributed by atoms with Crippen molar-refractivity contribution in [2.45, 2.75) is 45.2 Å². The molecule has 1 heterocycles. The fraction of sp³-hybridized carbons (Fsp3) is 0.778. The van der Waals surface area contributed by atoms with E-state index in [1.165, 1.54) is 4.90 Å². The van der Waals surface area contributed by atoms with Crippen LogP contribution >= 0.6 is 0 Å². The van der Waals surface area contributed by atoms with Crippen LogP contribution in [0.4, 0.5) is 0 Å². The molecule has 1 N–H and O–H groups in total. The van der Waals surface area contributed by atoms with Crippen LogP contribution in [0, 0.1) is 0 Å². The lowest BCUT2D eigenvalue weighted by Gasteiger charge is -2.25. The number of carboxylic acid groups (broad SMARTS) is 1. The fourth-order valence-corrected chi connectivity index (χ4v) is 1.95. The molecule has 0 aliphatic carbocycles. The monoisotopic (exact) mass is 185 g/mol. The van der Waals surface area contributed by atoms with Gasteiger partial charge in [-0.25, -0.2) is 4.79 Å². The number of likely N-dealkylation sites (tertiary alicyclic amines) is 1. The van der Waals surface area contributed by atoms with Crippen LogP contribution in [-0.4, -0.2) is 34.0 Å². The molecule has 0 aromatic heterocycles. The summed E-state index contributed by atoms with van der Waals surface area (Å²) in [6.07, 6.45) is 2.68. The molecule has 4 heteroatoms. The number of rotatable bonds is 1. The van der Waals surface area contributed by atoms with Crippen molar-refractivity contribution in [3.05, 3.63) is 0 Å². The third-order valence-electron chi connectivity index (χ3n) is 2.67. The van der Waals surface area contributed by atoms with Crippen LogP contribution < -0.4 is 0 Å². The first-order valence-corrected chi connectivity index (χ1v) is 4.63. The molecule has 13 heavy (non-hydrogen) atoms. The lowest BCUT2D eigenvalue weighted by molar-refractivity contribution is -0.157. The molecule has 0 aromatic carbocycles. The van der Waals surface area contributed by atoms with Gasteiger partial charge in [0.15, 0.2) is 0 Å². The van der Waals surface area contributed by atoms with Gasteiger partial charge < -0.3 is 10.0 Å². The van der Waals surface area contributed by atoms with Crippen molar-refractivity contribution in [2.75, 3.05) is 0 Å². The van der Waals surface area contributed by atoms with Crippen LogP contribution in [0.3, 0.4) is 0 Å². The predicted octanol–water partition coefficient (Wildman–Crippen LogP) is 0.861. The van der Waals surface area contributed by atoms with Gasteiger partial charge in [0.05, 0.1) is 0 Å². The van der Waals surface area contributed by atoms with Crippen molar-refractivity contribution in [2.24, 2.45) is 0 Å². The van der Waals surface area contributed by atoms with Crippen molar-refractivity contribution in [3.8, 4) is 0 Å². The van der Waals surface area contributed by atoms with Gasteiger partial charge in [0.2, 0.25) is 0 Å². The Kier molecular flexibility index (Phi) is 2.90. The molecule has 2 unspecified atom stereocenters. The van der Waals surface area contributed by atoms with E-state index in [0.717, 1.165) is 19.3 Å². The standard InChI is InChI=1S/C9H15NO3/c1-3-7-5-4-6(2)10(7)8(11)9(12)13/h6-7H,3-5H2,1-2H3,(H,12,13). The van der Waals surface area contributed by atoms with Crippen molar-refractivity contribution < 1.29 is 14.7 Å². The minimum atomic E-state index is -1.34. The van der Waals surface area contributed by atoms with E-state index in [2.05, 4.69) is 0 Å². The van der Waals surface area contributed by atoms with Crippen LogP contribution in [0.1, 0.15) is 33.1 Å². The van der Waals surface area contributed by atoms with Gasteiger partial charge in [-0.1, -0.05) is 6.92 Å². The highest BCUT2D eigenvalue weighted by Gasteiger charge is 2.35. The number of carbonyl (C=O) groups is 2. The molecule has 1 amide bonds. The summed E-state index contributed by atoms with van der Waals surface area (Å²) < 4.78 is 0. The Hall–Kier alpha value is -1.06. The van der Waals surface area contributed by atoms with Crippen LogP contribution in [0.5, 0.6) is 0 Å². The Balaban J connectivity index is 2.74. The number of hydrogen-bond donors (Lipinski definition) is 1. The minimum Gasteiger partial charge on any atom is -0.474 e. The maximum Gasteiger partial charge on any atom is 0.394 e. The summed E-state index contributed by atoms with van der Waals surface area (Å²) in [5.74, 6) is -2.09. The Morgan fingerprint density at radius 3 is 2.54 bits per heavy atom. The van der Waals surface area contributed by atoms with Gasteiger partial charge in [0, 0.05) is 12.1 Å². The number of amides is 1. The summed E-state index contributed by atoms with van der Waals surface area (Å²) in [6, 6.07) is 0.201. The van der Waals surface area contributed by atoms with Gasteiger partial charge in [-0.3, -0.25) is 4.79 Å². The molecule has 1 fully saturated rings. The summed E-state index contributed by atoms with van der Waals surface area (Å²) >= 11 is 0. The van der Waals surface area contributed by atoms with Crippen LogP contribution in [0.2, 0.25) is 0 Å². The maximum atomic E-state index is 11.3. The third-order valence-corrected chi connectivity index (χ3v) is 2.67. The lowest BCUT2D eigenvalue weighted by Crippen LogP contribution is -2.43. The molecule has 0 radical (unpaired) electrons. The molecule has 1 aliphatic heterocycles. The van der Waals surface area contributed by atoms with Gasteiger partial charge in [-0.05, 0) is 26.2 Å². The van der Waals surface area contributed by atoms with Crippen molar-refractivity contribution >= 4 is 11.9 Å². The molecule has 0 bridgehead atoms. The molecule has 1 saturated heterocycles. The Morgan fingerprint density at radius 2 is 2.08 bits per heavy atom. The SMILES string of the molecule is CCC1CCC(C)N1C(=O)C(=O)O. The van der Waals surface area contributed by atoms with E-state index >= 15 is 0 Å². The number of hydrogen-bond acceptors (Lipinski definition) is 2. The highest BCUT2D eigenvalue weighted by atomic mass is 16.4. The van der Waals surface area contributed by atoms with E-state index in [0.29, 0.717) is 0 Å². The largest absolute Gasteiger partial charge is 0.474 e. The minimum absolute atomic E-state index is 0.0774. The van der Waals surface area contributed by atoms with E-state index in [-0.39, 0.29) is 12.1 Å². The van der Waals surface area contributed by atoms with Gasteiger partial charge in [0.1, 0.15) is 0 Å². The third kappa shape index (κ3) is 1.82. The second kappa shape index (κ2) is 3.77. The van der Waals surface area contributed by atoms with Gasteiger partial charge in [0.25, 0.3) is 0 Å². The van der Waals surface area contributed by atoms with Crippen LogP contribution in [0.15, 0.2) is 0 Å². The molecule has 1 aliphatic rings. The number of aliphatic carboxylic acids is 1. The normalized spacial score (nSPS) is 27.7. The Bertz CT molecular complexity index is 227. The molecule has 0 spiro atoms. The van der Waals surface area contributed by atoms with Crippen molar-refractivity contribution in [1.29, 1.82) is 0 Å². The van der Waals surface area contributed by atoms with E-state index < -0.39 is 11.9 Å². The molecule has 1 rings (SSSR count). The highest BCUT2D eigenvalue weighted by molar-refractivity contribution is 6.31. The smallest absolute Gasteiger partial charge is 0.394 e. The van der Waals surface area contributed by atoms with Crippen molar-refractivity contribution in [1.82, 2.24) is 4.90 Å². The second-order valence-corrected chi connectivity index (χ2v) is 3.51. The maximum absolute atomic E-state index is 11.3. The first-order valence-electron chi connectivity index (χ1n) is 4.63. The van der Waals surface area contributed by atoms with E-state index in [1.54, 1.807) is 0 Å². The van der Waals surface area contributed by atoms with Gasteiger partial charge >= 0.3 is 11.9 Å². The summed E-state index contributed by atoms with van der Waals surface area (Å²) in [5.41, 5.74) is 0. The van der Waals surface area contributed by atoms with Gasteiger partial charge in [-0.15, -0.1) is 0 Å². The summed E-state index contributed by atoms with van der Waals surface area (Å²) in [7, 11) is 0. The number of nitrogens with zero attached hydrogens (tertiary/aromatic N) is 1. The number of carboxylic acids is 1. The predicted molar refractivity (Wildman–Crippen MR) is 47.3 cm³/mol. The second-order valence-electron chi connectivity index (χ2n) is 3.51. The zero-order chi connectivity index (χ0) is 10.0. The summed E-state index contributed by atoms with van der Waals surface area (Å²) in [6.45, 7) is 3.88. The number of carbonyl (C=O) groups excluding carboxylic acids is 1. The van der Waals surface area contributed by atoms with Crippen LogP contribution in [0.25, 0.3) is 0 Å². The molecule has 4 nitrogen and oxygen atoms in total. The average Bonchev–Trinajstić information content (AvgIpc) is 2.45.